The number of carbonyl (C=O) groups excluding carboxylic acids is 1. The summed E-state index contributed by atoms with van der Waals surface area (Å²) in [6.45, 7) is 5.54. The fourth-order valence-electron chi connectivity index (χ4n) is 3.12. The zero-order valence-corrected chi connectivity index (χ0v) is 16.0. The first kappa shape index (κ1) is 20.0. The number of nitrogens with one attached hydrogen (secondary N) is 1. The number of amides is 1. The number of carbonyl (C=O) groups is 2. The molecule has 1 amide bonds. The molecule has 0 radical (unpaired) electrons. The van der Waals surface area contributed by atoms with Crippen LogP contribution >= 0.6 is 0 Å². The van der Waals surface area contributed by atoms with E-state index in [4.69, 9.17) is 9.47 Å². The van der Waals surface area contributed by atoms with Crippen LogP contribution in [0.4, 0.5) is 0 Å². The third-order valence-electron chi connectivity index (χ3n) is 4.81. The number of methoxy groups -OCH3 is 2. The molecule has 0 aliphatic heterocycles. The van der Waals surface area contributed by atoms with Gasteiger partial charge in [-0.1, -0.05) is 0 Å². The molecule has 2 N–H and O–H groups in total. The largest absolute Gasteiger partial charge is 0.493 e. The maximum Gasteiger partial charge on any atom is 0.320 e. The molecule has 1 aliphatic rings. The second-order valence-electron chi connectivity index (χ2n) is 6.77. The Morgan fingerprint density at radius 3 is 2.31 bits per heavy atom. The molecule has 144 valence electrons. The minimum atomic E-state index is -0.909. The molecule has 2 unspecified atom stereocenters. The zero-order valence-electron chi connectivity index (χ0n) is 16.0. The predicted molar refractivity (Wildman–Crippen MR) is 97.7 cm³/mol. The SMILES string of the molecule is COc1cc(C)c(C(C)NC(=O)CN(C2CC2)C(C)C(=O)O)cc1OC. The van der Waals surface area contributed by atoms with Gasteiger partial charge in [-0.3, -0.25) is 14.5 Å². The van der Waals surface area contributed by atoms with Crippen molar-refractivity contribution in [1.82, 2.24) is 10.2 Å². The van der Waals surface area contributed by atoms with Crippen molar-refractivity contribution in [2.75, 3.05) is 20.8 Å². The summed E-state index contributed by atoms with van der Waals surface area (Å²) < 4.78 is 10.6. The number of hydrogen-bond donors (Lipinski definition) is 2. The van der Waals surface area contributed by atoms with Gasteiger partial charge >= 0.3 is 5.97 Å². The van der Waals surface area contributed by atoms with Gasteiger partial charge in [0, 0.05) is 6.04 Å². The Hall–Kier alpha value is -2.28. The van der Waals surface area contributed by atoms with Crippen molar-refractivity contribution >= 4 is 11.9 Å². The summed E-state index contributed by atoms with van der Waals surface area (Å²) in [6.07, 6.45) is 1.88. The van der Waals surface area contributed by atoms with Crippen molar-refractivity contribution in [3.8, 4) is 11.5 Å². The van der Waals surface area contributed by atoms with Crippen molar-refractivity contribution in [2.45, 2.75) is 51.7 Å². The van der Waals surface area contributed by atoms with Gasteiger partial charge in [-0.25, -0.2) is 0 Å². The first-order valence-corrected chi connectivity index (χ1v) is 8.78. The van der Waals surface area contributed by atoms with Crippen LogP contribution in [-0.2, 0) is 9.59 Å². The van der Waals surface area contributed by atoms with E-state index in [1.165, 1.54) is 0 Å². The van der Waals surface area contributed by atoms with Crippen LogP contribution in [0.3, 0.4) is 0 Å². The summed E-state index contributed by atoms with van der Waals surface area (Å²) in [5.41, 5.74) is 1.91. The van der Waals surface area contributed by atoms with Gasteiger partial charge in [0.05, 0.1) is 26.8 Å². The number of ether oxygens (including phenoxy) is 2. The summed E-state index contributed by atoms with van der Waals surface area (Å²) in [6, 6.07) is 3.01. The van der Waals surface area contributed by atoms with E-state index >= 15 is 0 Å². The van der Waals surface area contributed by atoms with Gasteiger partial charge in [0.1, 0.15) is 6.04 Å². The van der Waals surface area contributed by atoms with Crippen LogP contribution in [0.5, 0.6) is 11.5 Å². The molecular formula is C19H28N2O5. The maximum absolute atomic E-state index is 12.5. The third kappa shape index (κ3) is 4.66. The first-order chi connectivity index (χ1) is 12.3. The van der Waals surface area contributed by atoms with Crippen molar-refractivity contribution in [3.63, 3.8) is 0 Å². The van der Waals surface area contributed by atoms with Crippen molar-refractivity contribution in [3.05, 3.63) is 23.3 Å². The minimum Gasteiger partial charge on any atom is -0.493 e. The fourth-order valence-corrected chi connectivity index (χ4v) is 3.12. The summed E-state index contributed by atoms with van der Waals surface area (Å²) in [5.74, 6) is 0.149. The molecule has 1 fully saturated rings. The highest BCUT2D eigenvalue weighted by molar-refractivity contribution is 5.80. The highest BCUT2D eigenvalue weighted by Crippen LogP contribution is 2.33. The second-order valence-corrected chi connectivity index (χ2v) is 6.77. The Kier molecular flexibility index (Phi) is 6.47. The van der Waals surface area contributed by atoms with Crippen LogP contribution in [0, 0.1) is 6.92 Å². The molecule has 1 aliphatic carbocycles. The second kappa shape index (κ2) is 8.40. The summed E-state index contributed by atoms with van der Waals surface area (Å²) in [4.78, 5) is 25.5. The van der Waals surface area contributed by atoms with Gasteiger partial charge in [-0.15, -0.1) is 0 Å². The van der Waals surface area contributed by atoms with Crippen LogP contribution in [0.15, 0.2) is 12.1 Å². The van der Waals surface area contributed by atoms with Crippen molar-refractivity contribution in [2.24, 2.45) is 0 Å². The van der Waals surface area contributed by atoms with E-state index in [0.29, 0.717) is 11.5 Å². The van der Waals surface area contributed by atoms with Gasteiger partial charge < -0.3 is 19.9 Å². The van der Waals surface area contributed by atoms with Crippen LogP contribution in [0.2, 0.25) is 0 Å². The van der Waals surface area contributed by atoms with Gasteiger partial charge in [0.15, 0.2) is 11.5 Å². The van der Waals surface area contributed by atoms with Gasteiger partial charge in [-0.05, 0) is 56.9 Å². The maximum atomic E-state index is 12.5. The fraction of sp³-hybridized carbons (Fsp3) is 0.579. The molecule has 0 saturated heterocycles. The Balaban J connectivity index is 2.07. The minimum absolute atomic E-state index is 0.0782. The summed E-state index contributed by atoms with van der Waals surface area (Å²) >= 11 is 0. The molecule has 7 heteroatoms. The van der Waals surface area contributed by atoms with Gasteiger partial charge in [0.2, 0.25) is 5.91 Å². The molecule has 1 aromatic carbocycles. The lowest BCUT2D eigenvalue weighted by Gasteiger charge is -2.26. The van der Waals surface area contributed by atoms with Gasteiger partial charge in [0.25, 0.3) is 0 Å². The monoisotopic (exact) mass is 364 g/mol. The van der Waals surface area contributed by atoms with E-state index in [1.807, 2.05) is 26.0 Å². The normalized spacial score (nSPS) is 16.1. The summed E-state index contributed by atoms with van der Waals surface area (Å²) in [5, 5.41) is 12.2. The highest BCUT2D eigenvalue weighted by atomic mass is 16.5. The van der Waals surface area contributed by atoms with E-state index in [-0.39, 0.29) is 24.5 Å². The van der Waals surface area contributed by atoms with E-state index in [0.717, 1.165) is 24.0 Å². The molecule has 7 nitrogen and oxygen atoms in total. The quantitative estimate of drug-likeness (QED) is 0.698. The molecular weight excluding hydrogens is 336 g/mol. The van der Waals surface area contributed by atoms with Crippen LogP contribution in [0.25, 0.3) is 0 Å². The highest BCUT2D eigenvalue weighted by Gasteiger charge is 2.36. The van der Waals surface area contributed by atoms with E-state index in [1.54, 1.807) is 26.0 Å². The number of carboxylic acid groups (broad SMARTS) is 1. The van der Waals surface area contributed by atoms with Crippen LogP contribution in [0.1, 0.15) is 43.9 Å². The number of rotatable bonds is 9. The van der Waals surface area contributed by atoms with E-state index in [9.17, 15) is 14.7 Å². The average Bonchev–Trinajstić information content (AvgIpc) is 3.43. The summed E-state index contributed by atoms with van der Waals surface area (Å²) in [7, 11) is 3.15. The molecule has 0 heterocycles. The van der Waals surface area contributed by atoms with Crippen molar-refractivity contribution in [1.29, 1.82) is 0 Å². The van der Waals surface area contributed by atoms with E-state index < -0.39 is 12.0 Å². The Labute approximate surface area is 154 Å². The Morgan fingerprint density at radius 1 is 1.23 bits per heavy atom. The molecule has 26 heavy (non-hydrogen) atoms. The third-order valence-corrected chi connectivity index (χ3v) is 4.81. The predicted octanol–water partition coefficient (Wildman–Crippen LogP) is 2.13. The number of nitrogens with zero attached hydrogens (tertiary/aromatic N) is 1. The lowest BCUT2D eigenvalue weighted by molar-refractivity contribution is -0.143. The standard InChI is InChI=1S/C19H28N2O5/c1-11-8-16(25-4)17(26-5)9-15(11)12(2)20-18(22)10-21(14-6-7-14)13(3)19(23)24/h8-9,12-14H,6-7,10H2,1-5H3,(H,20,22)(H,23,24). The molecule has 0 aromatic heterocycles. The molecule has 0 bridgehead atoms. The number of aliphatic carboxylic acids is 1. The number of hydrogen-bond acceptors (Lipinski definition) is 5. The van der Waals surface area contributed by atoms with Crippen LogP contribution < -0.4 is 14.8 Å². The molecule has 1 aromatic rings. The van der Waals surface area contributed by atoms with Gasteiger partial charge in [-0.2, -0.15) is 0 Å². The topological polar surface area (TPSA) is 88.1 Å². The Morgan fingerprint density at radius 2 is 1.81 bits per heavy atom. The number of carboxylic acids is 1. The molecule has 1 saturated carbocycles. The van der Waals surface area contributed by atoms with E-state index in [2.05, 4.69) is 5.32 Å². The smallest absolute Gasteiger partial charge is 0.320 e. The molecule has 2 atom stereocenters. The molecule has 2 rings (SSSR count). The average molecular weight is 364 g/mol. The number of benzene rings is 1. The first-order valence-electron chi connectivity index (χ1n) is 8.78. The lowest BCUT2D eigenvalue weighted by Crippen LogP contribution is -2.46. The lowest BCUT2D eigenvalue weighted by atomic mass is 10.0. The van der Waals surface area contributed by atoms with Crippen molar-refractivity contribution < 1.29 is 24.2 Å². The Bertz CT molecular complexity index is 672. The molecule has 0 spiro atoms. The number of aryl methyl sites for hydroxylation is 1. The zero-order chi connectivity index (χ0) is 19.4. The van der Waals surface area contributed by atoms with Crippen LogP contribution in [-0.4, -0.2) is 54.7 Å².